The summed E-state index contributed by atoms with van der Waals surface area (Å²) in [5.41, 5.74) is 6.53. The summed E-state index contributed by atoms with van der Waals surface area (Å²) in [5.74, 6) is 0. The van der Waals surface area contributed by atoms with Crippen LogP contribution in [0.2, 0.25) is 0 Å². The quantitative estimate of drug-likeness (QED) is 0.859. The average molecular weight is 262 g/mol. The number of rotatable bonds is 1. The Labute approximate surface area is 85.4 Å². The number of nitrogen functional groups attached to an aromatic ring is 1. The Balaban J connectivity index is 2.50. The van der Waals surface area contributed by atoms with Gasteiger partial charge in [0.1, 0.15) is 0 Å². The van der Waals surface area contributed by atoms with Crippen LogP contribution in [0.25, 0.3) is 10.6 Å². The van der Waals surface area contributed by atoms with Gasteiger partial charge in [-0.05, 0) is 15.9 Å². The fraction of sp³-hybridized carbons (Fsp3) is 0. The molecule has 0 radical (unpaired) electrons. The Morgan fingerprint density at radius 1 is 1.33 bits per heavy atom. The predicted octanol–water partition coefficient (Wildman–Crippen LogP) is 2.61. The smallest absolute Gasteiger partial charge is 0.203 e. The van der Waals surface area contributed by atoms with Gasteiger partial charge in [0.15, 0.2) is 5.01 Å². The Bertz CT molecular complexity index is 395. The average Bonchev–Trinajstić information content (AvgIpc) is 2.58. The van der Waals surface area contributed by atoms with Crippen LogP contribution in [0.3, 0.4) is 0 Å². The normalized spacial score (nSPS) is 10.4. The molecule has 0 aliphatic rings. The Kier molecular flexibility index (Phi) is 2.12. The molecular weight excluding hydrogens is 258 g/mol. The summed E-state index contributed by atoms with van der Waals surface area (Å²) in [4.78, 5) is 0. The first kappa shape index (κ1) is 8.15. The number of halogens is 1. The van der Waals surface area contributed by atoms with E-state index >= 15 is 0 Å². The molecule has 2 rings (SSSR count). The van der Waals surface area contributed by atoms with Gasteiger partial charge in [-0.15, -0.1) is 10.2 Å². The van der Waals surface area contributed by atoms with Crippen LogP contribution < -0.4 is 5.73 Å². The number of nitrogens with zero attached hydrogens (tertiary/aromatic N) is 2. The SMILES string of the molecule is Nc1nnc(-c2cscc2Br)s1. The van der Waals surface area contributed by atoms with E-state index in [-0.39, 0.29) is 0 Å². The van der Waals surface area contributed by atoms with Gasteiger partial charge in [0.05, 0.1) is 0 Å². The minimum atomic E-state index is 0.503. The predicted molar refractivity (Wildman–Crippen MR) is 55.3 cm³/mol. The second-order valence-corrected chi connectivity index (χ2v) is 4.69. The van der Waals surface area contributed by atoms with E-state index in [9.17, 15) is 0 Å². The monoisotopic (exact) mass is 261 g/mol. The second-order valence-electron chi connectivity index (χ2n) is 2.08. The molecule has 0 atom stereocenters. The largest absolute Gasteiger partial charge is 0.374 e. The Hall–Kier alpha value is -0.460. The molecule has 0 aromatic carbocycles. The van der Waals surface area contributed by atoms with Crippen molar-refractivity contribution < 1.29 is 0 Å². The molecule has 12 heavy (non-hydrogen) atoms. The maximum atomic E-state index is 5.47. The van der Waals surface area contributed by atoms with E-state index in [0.717, 1.165) is 15.0 Å². The van der Waals surface area contributed by atoms with Crippen LogP contribution >= 0.6 is 38.6 Å². The summed E-state index contributed by atoms with van der Waals surface area (Å²) >= 11 is 6.43. The maximum absolute atomic E-state index is 5.47. The van der Waals surface area contributed by atoms with Crippen molar-refractivity contribution in [3.63, 3.8) is 0 Å². The first-order chi connectivity index (χ1) is 5.77. The van der Waals surface area contributed by atoms with Crippen LogP contribution in [-0.4, -0.2) is 10.2 Å². The lowest BCUT2D eigenvalue weighted by Crippen LogP contribution is -1.79. The summed E-state index contributed by atoms with van der Waals surface area (Å²) in [6, 6.07) is 0. The van der Waals surface area contributed by atoms with Crippen LogP contribution in [0.15, 0.2) is 15.2 Å². The molecule has 6 heteroatoms. The fourth-order valence-corrected chi connectivity index (χ4v) is 3.09. The highest BCUT2D eigenvalue weighted by atomic mass is 79.9. The number of anilines is 1. The molecule has 0 saturated carbocycles. The zero-order valence-electron chi connectivity index (χ0n) is 5.82. The first-order valence-corrected chi connectivity index (χ1v) is 5.63. The standard InChI is InChI=1S/C6H4BrN3S2/c7-4-2-11-1-3(4)5-9-10-6(8)12-5/h1-2H,(H2,8,10). The van der Waals surface area contributed by atoms with Crippen molar-refractivity contribution in [2.75, 3.05) is 5.73 Å². The van der Waals surface area contributed by atoms with Crippen molar-refractivity contribution in [1.29, 1.82) is 0 Å². The van der Waals surface area contributed by atoms with Gasteiger partial charge >= 0.3 is 0 Å². The summed E-state index contributed by atoms with van der Waals surface area (Å²) < 4.78 is 1.05. The molecule has 0 bridgehead atoms. The molecule has 2 aromatic rings. The van der Waals surface area contributed by atoms with Crippen molar-refractivity contribution in [1.82, 2.24) is 10.2 Å². The van der Waals surface area contributed by atoms with Crippen molar-refractivity contribution in [3.05, 3.63) is 15.2 Å². The number of nitrogens with two attached hydrogens (primary N) is 1. The van der Waals surface area contributed by atoms with Crippen LogP contribution in [0.5, 0.6) is 0 Å². The summed E-state index contributed by atoms with van der Waals surface area (Å²) in [5, 5.41) is 13.1. The molecule has 62 valence electrons. The molecule has 0 fully saturated rings. The zero-order valence-corrected chi connectivity index (χ0v) is 9.04. The van der Waals surface area contributed by atoms with Crippen molar-refractivity contribution in [3.8, 4) is 10.6 Å². The van der Waals surface area contributed by atoms with E-state index in [2.05, 4.69) is 26.1 Å². The van der Waals surface area contributed by atoms with Gasteiger partial charge in [-0.2, -0.15) is 11.3 Å². The Morgan fingerprint density at radius 2 is 2.17 bits per heavy atom. The third-order valence-electron chi connectivity index (χ3n) is 1.29. The third-order valence-corrected chi connectivity index (χ3v) is 3.77. The van der Waals surface area contributed by atoms with Gasteiger partial charge in [0.25, 0.3) is 0 Å². The highest BCUT2D eigenvalue weighted by Gasteiger charge is 2.08. The molecule has 0 aliphatic heterocycles. The number of aromatic nitrogens is 2. The highest BCUT2D eigenvalue weighted by Crippen LogP contribution is 2.33. The third kappa shape index (κ3) is 1.37. The van der Waals surface area contributed by atoms with Gasteiger partial charge in [0.2, 0.25) is 5.13 Å². The second kappa shape index (κ2) is 3.12. The maximum Gasteiger partial charge on any atom is 0.203 e. The minimum absolute atomic E-state index is 0.503. The van der Waals surface area contributed by atoms with Gasteiger partial charge in [0, 0.05) is 20.8 Å². The number of hydrogen-bond donors (Lipinski definition) is 1. The molecule has 3 nitrogen and oxygen atoms in total. The van der Waals surface area contributed by atoms with Crippen molar-refractivity contribution in [2.45, 2.75) is 0 Å². The van der Waals surface area contributed by atoms with E-state index < -0.39 is 0 Å². The van der Waals surface area contributed by atoms with Crippen LogP contribution in [0.4, 0.5) is 5.13 Å². The molecule has 0 unspecified atom stereocenters. The number of hydrogen-bond acceptors (Lipinski definition) is 5. The molecule has 0 amide bonds. The number of thiophene rings is 1. The molecule has 2 aromatic heterocycles. The lowest BCUT2D eigenvalue weighted by molar-refractivity contribution is 1.10. The summed E-state index contributed by atoms with van der Waals surface area (Å²) in [6.07, 6.45) is 0. The van der Waals surface area contributed by atoms with E-state index in [1.54, 1.807) is 11.3 Å². The topological polar surface area (TPSA) is 51.8 Å². The summed E-state index contributed by atoms with van der Waals surface area (Å²) in [7, 11) is 0. The van der Waals surface area contributed by atoms with Gasteiger partial charge < -0.3 is 5.73 Å². The van der Waals surface area contributed by atoms with E-state index in [4.69, 9.17) is 5.73 Å². The van der Waals surface area contributed by atoms with E-state index in [0.29, 0.717) is 5.13 Å². The Morgan fingerprint density at radius 3 is 2.67 bits per heavy atom. The molecule has 2 N–H and O–H groups in total. The minimum Gasteiger partial charge on any atom is -0.374 e. The van der Waals surface area contributed by atoms with E-state index in [1.807, 2.05) is 10.8 Å². The zero-order chi connectivity index (χ0) is 8.55. The van der Waals surface area contributed by atoms with Gasteiger partial charge in [-0.1, -0.05) is 11.3 Å². The van der Waals surface area contributed by atoms with Crippen molar-refractivity contribution in [2.24, 2.45) is 0 Å². The van der Waals surface area contributed by atoms with E-state index in [1.165, 1.54) is 11.3 Å². The van der Waals surface area contributed by atoms with Gasteiger partial charge in [-0.3, -0.25) is 0 Å². The molecule has 0 spiro atoms. The summed E-state index contributed by atoms with van der Waals surface area (Å²) in [6.45, 7) is 0. The van der Waals surface area contributed by atoms with Crippen LogP contribution in [-0.2, 0) is 0 Å². The lowest BCUT2D eigenvalue weighted by Gasteiger charge is -1.87. The molecule has 0 saturated heterocycles. The van der Waals surface area contributed by atoms with Crippen LogP contribution in [0, 0.1) is 0 Å². The molecular formula is C6H4BrN3S2. The molecule has 0 aliphatic carbocycles. The fourth-order valence-electron chi connectivity index (χ4n) is 0.778. The van der Waals surface area contributed by atoms with Crippen LogP contribution in [0.1, 0.15) is 0 Å². The first-order valence-electron chi connectivity index (χ1n) is 3.08. The molecule has 2 heterocycles. The van der Waals surface area contributed by atoms with Crippen molar-refractivity contribution >= 4 is 43.7 Å². The van der Waals surface area contributed by atoms with Gasteiger partial charge in [-0.25, -0.2) is 0 Å². The highest BCUT2D eigenvalue weighted by molar-refractivity contribution is 9.10. The lowest BCUT2D eigenvalue weighted by atomic mass is 10.4.